The maximum Gasteiger partial charge on any atom is 0.264 e. The first-order valence-corrected chi connectivity index (χ1v) is 11.7. The van der Waals surface area contributed by atoms with Gasteiger partial charge in [0, 0.05) is 16.6 Å². The number of ether oxygens (including phenoxy) is 1. The SMILES string of the molecule is CCOc1ccc2oc(C)c(C(=O)Nc3ccc(S(=O)(=O)Nc4onc(C)c4C)cc3)c2c1. The normalized spacial score (nSPS) is 11.5. The van der Waals surface area contributed by atoms with Gasteiger partial charge in [0.25, 0.3) is 15.9 Å². The zero-order valence-corrected chi connectivity index (χ0v) is 19.4. The zero-order chi connectivity index (χ0) is 23.8. The molecule has 0 bridgehead atoms. The molecule has 4 rings (SSSR count). The van der Waals surface area contributed by atoms with E-state index in [9.17, 15) is 13.2 Å². The fourth-order valence-corrected chi connectivity index (χ4v) is 4.39. The zero-order valence-electron chi connectivity index (χ0n) is 18.6. The Hall–Kier alpha value is -3.79. The molecule has 0 saturated carbocycles. The smallest absolute Gasteiger partial charge is 0.264 e. The minimum Gasteiger partial charge on any atom is -0.494 e. The van der Waals surface area contributed by atoms with Gasteiger partial charge in [0.2, 0.25) is 5.88 Å². The lowest BCUT2D eigenvalue weighted by Gasteiger charge is -2.08. The summed E-state index contributed by atoms with van der Waals surface area (Å²) in [4.78, 5) is 13.0. The molecular formula is C23H23N3O6S. The molecule has 0 aliphatic rings. The van der Waals surface area contributed by atoms with Crippen LogP contribution in [-0.4, -0.2) is 26.1 Å². The number of sulfonamides is 1. The van der Waals surface area contributed by atoms with Crippen LogP contribution in [0.1, 0.15) is 34.3 Å². The van der Waals surface area contributed by atoms with Crippen LogP contribution in [0.3, 0.4) is 0 Å². The molecule has 1 amide bonds. The Morgan fingerprint density at radius 3 is 2.45 bits per heavy atom. The molecule has 2 heterocycles. The molecule has 0 spiro atoms. The van der Waals surface area contributed by atoms with E-state index in [-0.39, 0.29) is 16.7 Å². The van der Waals surface area contributed by atoms with E-state index in [1.165, 1.54) is 24.3 Å². The highest BCUT2D eigenvalue weighted by molar-refractivity contribution is 7.92. The van der Waals surface area contributed by atoms with Crippen molar-refractivity contribution in [1.82, 2.24) is 5.16 Å². The monoisotopic (exact) mass is 469 g/mol. The number of furan rings is 1. The summed E-state index contributed by atoms with van der Waals surface area (Å²) in [5.74, 6) is 0.802. The predicted octanol–water partition coefficient (Wildman–Crippen LogP) is 4.80. The van der Waals surface area contributed by atoms with Crippen LogP contribution in [0.15, 0.2) is 56.3 Å². The van der Waals surface area contributed by atoms with Gasteiger partial charge in [0.1, 0.15) is 17.1 Å². The van der Waals surface area contributed by atoms with Crippen molar-refractivity contribution in [2.24, 2.45) is 0 Å². The number of aromatic nitrogens is 1. The number of hydrogen-bond acceptors (Lipinski definition) is 7. The van der Waals surface area contributed by atoms with Gasteiger partial charge in [-0.25, -0.2) is 13.1 Å². The van der Waals surface area contributed by atoms with Crippen molar-refractivity contribution in [3.63, 3.8) is 0 Å². The van der Waals surface area contributed by atoms with Crippen molar-refractivity contribution in [2.75, 3.05) is 16.6 Å². The maximum absolute atomic E-state index is 13.0. The molecule has 2 aromatic heterocycles. The summed E-state index contributed by atoms with van der Waals surface area (Å²) in [5.41, 5.74) is 2.60. The Bertz CT molecular complexity index is 1440. The number of carbonyl (C=O) groups is 1. The van der Waals surface area contributed by atoms with Gasteiger partial charge in [-0.15, -0.1) is 0 Å². The molecule has 0 unspecified atom stereocenters. The second kappa shape index (κ2) is 8.62. The molecule has 0 saturated heterocycles. The molecule has 4 aromatic rings. The van der Waals surface area contributed by atoms with Gasteiger partial charge in [0.15, 0.2) is 0 Å². The highest BCUT2D eigenvalue weighted by Gasteiger charge is 2.21. The van der Waals surface area contributed by atoms with Gasteiger partial charge in [0.05, 0.1) is 22.8 Å². The molecule has 0 atom stereocenters. The molecule has 172 valence electrons. The van der Waals surface area contributed by atoms with Crippen LogP contribution < -0.4 is 14.8 Å². The van der Waals surface area contributed by atoms with E-state index in [0.29, 0.717) is 51.6 Å². The van der Waals surface area contributed by atoms with E-state index in [0.717, 1.165) is 0 Å². The number of nitrogens with zero attached hydrogens (tertiary/aromatic N) is 1. The Labute approximate surface area is 190 Å². The van der Waals surface area contributed by atoms with Crippen molar-refractivity contribution in [2.45, 2.75) is 32.6 Å². The lowest BCUT2D eigenvalue weighted by atomic mass is 10.1. The van der Waals surface area contributed by atoms with Crippen molar-refractivity contribution < 1.29 is 26.9 Å². The molecular weight excluding hydrogens is 446 g/mol. The molecule has 33 heavy (non-hydrogen) atoms. The number of nitrogens with one attached hydrogen (secondary N) is 2. The van der Waals surface area contributed by atoms with Crippen LogP contribution in [0.25, 0.3) is 11.0 Å². The summed E-state index contributed by atoms with van der Waals surface area (Å²) in [5, 5.41) is 7.17. The molecule has 0 aliphatic carbocycles. The van der Waals surface area contributed by atoms with Gasteiger partial charge >= 0.3 is 0 Å². The maximum atomic E-state index is 13.0. The first-order chi connectivity index (χ1) is 15.7. The van der Waals surface area contributed by atoms with Crippen LogP contribution in [-0.2, 0) is 10.0 Å². The highest BCUT2D eigenvalue weighted by Crippen LogP contribution is 2.30. The van der Waals surface area contributed by atoms with Crippen molar-refractivity contribution in [1.29, 1.82) is 0 Å². The number of aryl methyl sites for hydroxylation is 2. The van der Waals surface area contributed by atoms with E-state index in [1.54, 1.807) is 39.0 Å². The summed E-state index contributed by atoms with van der Waals surface area (Å²) in [6, 6.07) is 11.1. The van der Waals surface area contributed by atoms with E-state index < -0.39 is 10.0 Å². The average molecular weight is 470 g/mol. The molecule has 2 aromatic carbocycles. The van der Waals surface area contributed by atoms with Crippen LogP contribution in [0.5, 0.6) is 5.75 Å². The Kier molecular flexibility index (Phi) is 5.86. The fourth-order valence-electron chi connectivity index (χ4n) is 3.34. The molecule has 10 heteroatoms. The van der Waals surface area contributed by atoms with Crippen LogP contribution in [0.2, 0.25) is 0 Å². The first-order valence-electron chi connectivity index (χ1n) is 10.2. The molecule has 0 aliphatic heterocycles. The number of rotatable bonds is 7. The number of carbonyl (C=O) groups excluding carboxylic acids is 1. The Morgan fingerprint density at radius 2 is 1.82 bits per heavy atom. The number of benzene rings is 2. The summed E-state index contributed by atoms with van der Waals surface area (Å²) in [6.07, 6.45) is 0. The van der Waals surface area contributed by atoms with E-state index in [1.807, 2.05) is 6.92 Å². The van der Waals surface area contributed by atoms with Gasteiger partial charge in [-0.2, -0.15) is 0 Å². The summed E-state index contributed by atoms with van der Waals surface area (Å²) in [7, 11) is -3.88. The average Bonchev–Trinajstić information content (AvgIpc) is 3.26. The third kappa shape index (κ3) is 4.42. The first kappa shape index (κ1) is 22.4. The minimum absolute atomic E-state index is 0.0141. The van der Waals surface area contributed by atoms with Crippen molar-refractivity contribution >= 4 is 38.5 Å². The molecule has 0 fully saturated rings. The van der Waals surface area contributed by atoms with E-state index in [4.69, 9.17) is 13.7 Å². The number of fused-ring (bicyclic) bond motifs is 1. The van der Waals surface area contributed by atoms with Crippen LogP contribution in [0, 0.1) is 20.8 Å². The standard InChI is InChI=1S/C23H23N3O6S/c1-5-30-17-8-11-20-19(12-17)21(15(4)31-20)22(27)24-16-6-9-18(10-7-16)33(28,29)26-23-13(2)14(3)25-32-23/h6-12,26H,5H2,1-4H3,(H,24,27). The lowest BCUT2D eigenvalue weighted by Crippen LogP contribution is -2.14. The molecule has 2 N–H and O–H groups in total. The third-order valence-electron chi connectivity index (χ3n) is 5.18. The van der Waals surface area contributed by atoms with Gasteiger partial charge in [-0.1, -0.05) is 5.16 Å². The minimum atomic E-state index is -3.88. The Balaban J connectivity index is 1.54. The highest BCUT2D eigenvalue weighted by atomic mass is 32.2. The second-order valence-electron chi connectivity index (χ2n) is 7.43. The fraction of sp³-hybridized carbons (Fsp3) is 0.217. The van der Waals surface area contributed by atoms with E-state index >= 15 is 0 Å². The number of hydrogen-bond donors (Lipinski definition) is 2. The van der Waals surface area contributed by atoms with Gasteiger partial charge < -0.3 is 19.0 Å². The van der Waals surface area contributed by atoms with Crippen molar-refractivity contribution in [3.8, 4) is 5.75 Å². The van der Waals surface area contributed by atoms with Crippen LogP contribution >= 0.6 is 0 Å². The molecule has 9 nitrogen and oxygen atoms in total. The largest absolute Gasteiger partial charge is 0.494 e. The number of amides is 1. The van der Waals surface area contributed by atoms with E-state index in [2.05, 4.69) is 15.2 Å². The van der Waals surface area contributed by atoms with Crippen LogP contribution in [0.4, 0.5) is 11.6 Å². The Morgan fingerprint density at radius 1 is 1.09 bits per heavy atom. The van der Waals surface area contributed by atoms with Gasteiger partial charge in [-0.3, -0.25) is 4.79 Å². The van der Waals surface area contributed by atoms with Crippen molar-refractivity contribution in [3.05, 3.63) is 65.0 Å². The quantitative estimate of drug-likeness (QED) is 0.398. The van der Waals surface area contributed by atoms with Gasteiger partial charge in [-0.05, 0) is 70.2 Å². The summed E-state index contributed by atoms with van der Waals surface area (Å²) < 4.78 is 43.9. The summed E-state index contributed by atoms with van der Waals surface area (Å²) in [6.45, 7) is 7.52. The topological polar surface area (TPSA) is 124 Å². The second-order valence-corrected chi connectivity index (χ2v) is 9.11. The summed E-state index contributed by atoms with van der Waals surface area (Å²) >= 11 is 0. The third-order valence-corrected chi connectivity index (χ3v) is 6.53. The number of anilines is 2. The predicted molar refractivity (Wildman–Crippen MR) is 123 cm³/mol. The molecule has 0 radical (unpaired) electrons. The lowest BCUT2D eigenvalue weighted by molar-refractivity contribution is 0.102.